The molecule has 0 radical (unpaired) electrons. The Bertz CT molecular complexity index is 1320. The molecule has 0 fully saturated rings. The van der Waals surface area contributed by atoms with Crippen molar-refractivity contribution < 1.29 is 27.6 Å². The Morgan fingerprint density at radius 3 is 2.43 bits per heavy atom. The Morgan fingerprint density at radius 2 is 1.77 bits per heavy atom. The van der Waals surface area contributed by atoms with E-state index in [0.29, 0.717) is 0 Å². The minimum Gasteiger partial charge on any atom is -0.478 e. The molecule has 0 saturated carbocycles. The highest BCUT2D eigenvalue weighted by Crippen LogP contribution is 2.35. The van der Waals surface area contributed by atoms with Crippen LogP contribution in [0.15, 0.2) is 35.1 Å². The summed E-state index contributed by atoms with van der Waals surface area (Å²) in [6.45, 7) is 0. The summed E-state index contributed by atoms with van der Waals surface area (Å²) in [7, 11) is 0. The van der Waals surface area contributed by atoms with Crippen molar-refractivity contribution in [1.29, 1.82) is 0 Å². The maximum atomic E-state index is 13.0. The molecule has 30 heavy (non-hydrogen) atoms. The third kappa shape index (κ3) is 3.57. The van der Waals surface area contributed by atoms with E-state index in [1.165, 1.54) is 12.3 Å². The van der Waals surface area contributed by atoms with Gasteiger partial charge in [-0.05, 0) is 18.2 Å². The molecular weight excluding hydrogens is 472 g/mol. The van der Waals surface area contributed by atoms with Crippen molar-refractivity contribution in [1.82, 2.24) is 19.5 Å². The first kappa shape index (κ1) is 20.5. The molecule has 1 N–H and O–H groups in total. The molecule has 0 aliphatic carbocycles. The molecule has 7 nitrogen and oxygen atoms in total. The van der Waals surface area contributed by atoms with Gasteiger partial charge in [-0.1, -0.05) is 40.0 Å². The van der Waals surface area contributed by atoms with Crippen LogP contribution in [0.5, 0.6) is 0 Å². The number of alkyl halides is 3. The molecule has 0 saturated heterocycles. The summed E-state index contributed by atoms with van der Waals surface area (Å²) in [6.07, 6.45) is -2.51. The van der Waals surface area contributed by atoms with Crippen molar-refractivity contribution in [2.75, 3.05) is 0 Å². The number of imidazole rings is 1. The van der Waals surface area contributed by atoms with Gasteiger partial charge in [0.25, 0.3) is 5.89 Å². The van der Waals surface area contributed by atoms with Gasteiger partial charge in [0, 0.05) is 18.0 Å². The predicted molar refractivity (Wildman–Crippen MR) is 101 cm³/mol. The monoisotopic (exact) mass is 476 g/mol. The molecular formula is C17H6Cl3F3N4O3. The lowest BCUT2D eigenvalue weighted by molar-refractivity contribution is -0.137. The Hall–Kier alpha value is -2.82. The number of fused-ring (bicyclic) bond motifs is 1. The van der Waals surface area contributed by atoms with Gasteiger partial charge >= 0.3 is 12.1 Å². The average Bonchev–Trinajstić information content (AvgIpc) is 3.29. The molecule has 0 spiro atoms. The zero-order valence-electron chi connectivity index (χ0n) is 14.2. The Labute approximate surface area is 179 Å². The minimum absolute atomic E-state index is 0.0111. The van der Waals surface area contributed by atoms with Crippen LogP contribution in [0.4, 0.5) is 13.2 Å². The van der Waals surface area contributed by atoms with Crippen molar-refractivity contribution in [2.45, 2.75) is 6.18 Å². The van der Waals surface area contributed by atoms with E-state index in [1.54, 1.807) is 0 Å². The molecule has 0 atom stereocenters. The number of pyridine rings is 1. The van der Waals surface area contributed by atoms with Gasteiger partial charge in [0.2, 0.25) is 5.82 Å². The van der Waals surface area contributed by atoms with Gasteiger partial charge in [0.1, 0.15) is 5.69 Å². The molecule has 0 aliphatic heterocycles. The van der Waals surface area contributed by atoms with Gasteiger partial charge in [0.15, 0.2) is 5.65 Å². The van der Waals surface area contributed by atoms with E-state index >= 15 is 0 Å². The predicted octanol–water partition coefficient (Wildman–Crippen LogP) is 5.73. The third-order valence-electron chi connectivity index (χ3n) is 4.01. The number of aromatic carboxylic acids is 1. The lowest BCUT2D eigenvalue weighted by Crippen LogP contribution is -2.06. The van der Waals surface area contributed by atoms with Gasteiger partial charge in [-0.25, -0.2) is 9.78 Å². The summed E-state index contributed by atoms with van der Waals surface area (Å²) in [6, 6.07) is 3.16. The van der Waals surface area contributed by atoms with E-state index in [1.807, 2.05) is 0 Å². The number of hydrogen-bond acceptors (Lipinski definition) is 5. The fraction of sp³-hybridized carbons (Fsp3) is 0.0588. The Kier molecular flexibility index (Phi) is 4.88. The third-order valence-corrected chi connectivity index (χ3v) is 4.91. The van der Waals surface area contributed by atoms with Crippen molar-refractivity contribution in [3.8, 4) is 23.0 Å². The highest BCUT2D eigenvalue weighted by Gasteiger charge is 2.32. The van der Waals surface area contributed by atoms with Gasteiger partial charge < -0.3 is 14.0 Å². The molecule has 4 rings (SSSR count). The topological polar surface area (TPSA) is 93.5 Å². The molecule has 13 heteroatoms. The summed E-state index contributed by atoms with van der Waals surface area (Å²) in [5.41, 5.74) is -0.826. The molecule has 3 aromatic heterocycles. The van der Waals surface area contributed by atoms with Gasteiger partial charge in [-0.3, -0.25) is 0 Å². The van der Waals surface area contributed by atoms with E-state index in [0.717, 1.165) is 22.7 Å². The number of rotatable bonds is 3. The molecule has 0 amide bonds. The summed E-state index contributed by atoms with van der Waals surface area (Å²) < 4.78 is 45.1. The number of hydrogen-bond donors (Lipinski definition) is 1. The van der Waals surface area contributed by atoms with E-state index in [-0.39, 0.29) is 49.3 Å². The standard InChI is InChI=1S/C17H6Cl3F3N4O3/c18-9-3-8(16(28)29)10(19)2-7(9)13-25-15(30-26-13)12-5-27-4-6(17(21,22)23)1-11(20)14(27)24-12/h1-5H,(H,28,29). The molecule has 154 valence electrons. The van der Waals surface area contributed by atoms with Crippen molar-refractivity contribution in [3.05, 3.63) is 56.8 Å². The zero-order valence-corrected chi connectivity index (χ0v) is 16.5. The van der Waals surface area contributed by atoms with Crippen molar-refractivity contribution in [3.63, 3.8) is 0 Å². The quantitative estimate of drug-likeness (QED) is 0.405. The van der Waals surface area contributed by atoms with Crippen molar-refractivity contribution in [2.24, 2.45) is 0 Å². The summed E-state index contributed by atoms with van der Waals surface area (Å²) >= 11 is 18.0. The van der Waals surface area contributed by atoms with Crippen LogP contribution in [0, 0.1) is 0 Å². The second-order valence-electron chi connectivity index (χ2n) is 5.97. The fourth-order valence-corrected chi connectivity index (χ4v) is 3.38. The summed E-state index contributed by atoms with van der Waals surface area (Å²) in [4.78, 5) is 19.4. The molecule has 0 unspecified atom stereocenters. The number of benzene rings is 1. The largest absolute Gasteiger partial charge is 0.478 e. The SMILES string of the molecule is O=C(O)c1cc(Cl)c(-c2noc(-c3cn4cc(C(F)(F)F)cc(Cl)c4n3)n2)cc1Cl. The van der Waals surface area contributed by atoms with Crippen LogP contribution in [-0.4, -0.2) is 30.6 Å². The van der Waals surface area contributed by atoms with E-state index in [2.05, 4.69) is 15.1 Å². The smallest absolute Gasteiger partial charge is 0.417 e. The lowest BCUT2D eigenvalue weighted by atomic mass is 10.1. The van der Waals surface area contributed by atoms with Gasteiger partial charge in [0.05, 0.1) is 26.2 Å². The second kappa shape index (κ2) is 7.15. The van der Waals surface area contributed by atoms with E-state index in [4.69, 9.17) is 44.4 Å². The second-order valence-corrected chi connectivity index (χ2v) is 7.19. The van der Waals surface area contributed by atoms with Gasteiger partial charge in [-0.2, -0.15) is 18.2 Å². The number of halogens is 6. The van der Waals surface area contributed by atoms with E-state index in [9.17, 15) is 18.0 Å². The molecule has 1 aromatic carbocycles. The summed E-state index contributed by atoms with van der Waals surface area (Å²) in [5.74, 6) is -1.40. The lowest BCUT2D eigenvalue weighted by Gasteiger charge is -2.07. The van der Waals surface area contributed by atoms with E-state index < -0.39 is 17.7 Å². The molecule has 0 bridgehead atoms. The normalized spacial score (nSPS) is 11.9. The van der Waals surface area contributed by atoms with Crippen LogP contribution < -0.4 is 0 Å². The Morgan fingerprint density at radius 1 is 1.03 bits per heavy atom. The number of carboxylic acid groups (broad SMARTS) is 1. The van der Waals surface area contributed by atoms with Crippen LogP contribution in [0.3, 0.4) is 0 Å². The number of carbonyl (C=O) groups is 1. The summed E-state index contributed by atoms with van der Waals surface area (Å²) in [5, 5.41) is 12.5. The van der Waals surface area contributed by atoms with Crippen LogP contribution in [0.2, 0.25) is 15.1 Å². The molecule has 3 heterocycles. The molecule has 0 aliphatic rings. The first-order chi connectivity index (χ1) is 14.0. The fourth-order valence-electron chi connectivity index (χ4n) is 2.63. The first-order valence-corrected chi connectivity index (χ1v) is 9.00. The Balaban J connectivity index is 1.76. The van der Waals surface area contributed by atoms with Crippen molar-refractivity contribution >= 4 is 46.4 Å². The van der Waals surface area contributed by atoms with Crippen LogP contribution in [-0.2, 0) is 6.18 Å². The zero-order chi connectivity index (χ0) is 21.8. The first-order valence-electron chi connectivity index (χ1n) is 7.87. The molecule has 4 aromatic rings. The number of carboxylic acids is 1. The minimum atomic E-state index is -4.59. The van der Waals surface area contributed by atoms with Gasteiger partial charge in [-0.15, -0.1) is 0 Å². The maximum Gasteiger partial charge on any atom is 0.417 e. The maximum absolute atomic E-state index is 13.0. The average molecular weight is 478 g/mol. The highest BCUT2D eigenvalue weighted by atomic mass is 35.5. The number of aromatic nitrogens is 4. The number of nitrogens with zero attached hydrogens (tertiary/aromatic N) is 4. The van der Waals surface area contributed by atoms with Crippen LogP contribution in [0.1, 0.15) is 15.9 Å². The van der Waals surface area contributed by atoms with Crippen LogP contribution >= 0.6 is 34.8 Å². The highest BCUT2D eigenvalue weighted by molar-refractivity contribution is 6.37. The van der Waals surface area contributed by atoms with Crippen LogP contribution in [0.25, 0.3) is 28.6 Å².